The van der Waals surface area contributed by atoms with Gasteiger partial charge in [0.2, 0.25) is 16.9 Å². The molecular weight excluding hydrogens is 328 g/mol. The van der Waals surface area contributed by atoms with Crippen molar-refractivity contribution >= 4 is 11.0 Å². The van der Waals surface area contributed by atoms with Gasteiger partial charge in [-0.3, -0.25) is 4.79 Å². The molecule has 7 heteroatoms. The molecule has 0 saturated carbocycles. The van der Waals surface area contributed by atoms with E-state index in [1.54, 1.807) is 18.2 Å². The fourth-order valence-corrected chi connectivity index (χ4v) is 2.65. The second-order valence-electron chi connectivity index (χ2n) is 5.14. The average Bonchev–Trinajstić information content (AvgIpc) is 2.61. The predicted molar refractivity (Wildman–Crippen MR) is 90.9 cm³/mol. The molecule has 1 heterocycles. The van der Waals surface area contributed by atoms with Gasteiger partial charge < -0.3 is 28.8 Å². The maximum Gasteiger partial charge on any atom is 0.239 e. The Morgan fingerprint density at radius 1 is 0.960 bits per heavy atom. The predicted octanol–water partition coefficient (Wildman–Crippen LogP) is 2.90. The Bertz CT molecular complexity index is 1000. The maximum absolute atomic E-state index is 12.8. The average molecular weight is 344 g/mol. The zero-order valence-electron chi connectivity index (χ0n) is 13.8. The molecule has 0 radical (unpaired) electrons. The topological polar surface area (TPSA) is 98.4 Å². The lowest BCUT2D eigenvalue weighted by Gasteiger charge is -2.14. The van der Waals surface area contributed by atoms with Crippen molar-refractivity contribution in [3.8, 4) is 40.1 Å². The van der Waals surface area contributed by atoms with Crippen molar-refractivity contribution in [2.75, 3.05) is 21.3 Å². The zero-order chi connectivity index (χ0) is 18.1. The highest BCUT2D eigenvalue weighted by molar-refractivity contribution is 5.91. The molecule has 0 unspecified atom stereocenters. The molecule has 0 aliphatic carbocycles. The molecule has 0 fully saturated rings. The van der Waals surface area contributed by atoms with Crippen LogP contribution in [-0.2, 0) is 0 Å². The van der Waals surface area contributed by atoms with Crippen molar-refractivity contribution in [3.63, 3.8) is 0 Å². The number of aromatic hydroxyl groups is 2. The minimum atomic E-state index is -0.597. The van der Waals surface area contributed by atoms with E-state index < -0.39 is 11.2 Å². The molecule has 0 atom stereocenters. The van der Waals surface area contributed by atoms with Crippen molar-refractivity contribution in [2.45, 2.75) is 0 Å². The third kappa shape index (κ3) is 2.50. The number of phenolic OH excluding ortho intramolecular Hbond substituents is 2. The lowest BCUT2D eigenvalue weighted by Crippen LogP contribution is -2.08. The Balaban J connectivity index is 2.46. The monoisotopic (exact) mass is 344 g/mol. The fraction of sp³-hybridized carbons (Fsp3) is 0.167. The lowest BCUT2D eigenvalue weighted by atomic mass is 10.1. The van der Waals surface area contributed by atoms with Crippen LogP contribution in [0.4, 0.5) is 0 Å². The maximum atomic E-state index is 12.8. The summed E-state index contributed by atoms with van der Waals surface area (Å²) >= 11 is 0. The normalized spacial score (nSPS) is 10.7. The number of benzene rings is 2. The van der Waals surface area contributed by atoms with E-state index in [2.05, 4.69) is 0 Å². The minimum Gasteiger partial charge on any atom is -0.507 e. The molecule has 0 saturated heterocycles. The summed E-state index contributed by atoms with van der Waals surface area (Å²) in [7, 11) is 4.05. The summed E-state index contributed by atoms with van der Waals surface area (Å²) < 4.78 is 21.2. The quantitative estimate of drug-likeness (QED) is 0.751. The fourth-order valence-electron chi connectivity index (χ4n) is 2.65. The Hall–Kier alpha value is -3.35. The largest absolute Gasteiger partial charge is 0.507 e. The molecule has 0 aliphatic heterocycles. The van der Waals surface area contributed by atoms with Crippen molar-refractivity contribution in [1.29, 1.82) is 0 Å². The second-order valence-corrected chi connectivity index (χ2v) is 5.14. The van der Waals surface area contributed by atoms with Gasteiger partial charge in [0.05, 0.1) is 26.9 Å². The van der Waals surface area contributed by atoms with Crippen LogP contribution < -0.4 is 19.6 Å². The van der Waals surface area contributed by atoms with Crippen LogP contribution in [0.25, 0.3) is 22.3 Å². The molecule has 0 spiro atoms. The van der Waals surface area contributed by atoms with Crippen LogP contribution in [0.5, 0.6) is 28.7 Å². The Morgan fingerprint density at radius 2 is 1.64 bits per heavy atom. The molecule has 0 aliphatic rings. The second kappa shape index (κ2) is 6.27. The SMILES string of the molecule is COc1cc2oc(-c3ccccc3O)c(OC)c(=O)c2c(O)c1OC. The first-order valence-electron chi connectivity index (χ1n) is 7.30. The number of methoxy groups -OCH3 is 3. The number of hydrogen-bond acceptors (Lipinski definition) is 7. The summed E-state index contributed by atoms with van der Waals surface area (Å²) in [6.45, 7) is 0. The number of ether oxygens (including phenoxy) is 3. The van der Waals surface area contributed by atoms with Crippen LogP contribution in [0, 0.1) is 0 Å². The molecule has 1 aromatic heterocycles. The van der Waals surface area contributed by atoms with E-state index in [1.165, 1.54) is 33.5 Å². The van der Waals surface area contributed by atoms with Crippen molar-refractivity contribution in [3.05, 3.63) is 40.6 Å². The summed E-state index contributed by atoms with van der Waals surface area (Å²) in [4.78, 5) is 12.8. The van der Waals surface area contributed by atoms with Crippen LogP contribution in [0.1, 0.15) is 0 Å². The molecule has 130 valence electrons. The van der Waals surface area contributed by atoms with Crippen molar-refractivity contribution in [1.82, 2.24) is 0 Å². The van der Waals surface area contributed by atoms with Gasteiger partial charge in [0.1, 0.15) is 16.7 Å². The van der Waals surface area contributed by atoms with Gasteiger partial charge in [0.15, 0.2) is 17.3 Å². The van der Waals surface area contributed by atoms with Crippen LogP contribution in [0.3, 0.4) is 0 Å². The summed E-state index contributed by atoms with van der Waals surface area (Å²) in [5.74, 6) is -0.370. The number of fused-ring (bicyclic) bond motifs is 1. The molecule has 2 aromatic carbocycles. The number of para-hydroxylation sites is 1. The highest BCUT2D eigenvalue weighted by Gasteiger charge is 2.24. The first kappa shape index (κ1) is 16.5. The highest BCUT2D eigenvalue weighted by atomic mass is 16.5. The van der Waals surface area contributed by atoms with E-state index in [1.807, 2.05) is 0 Å². The summed E-state index contributed by atoms with van der Waals surface area (Å²) in [6, 6.07) is 7.81. The molecule has 7 nitrogen and oxygen atoms in total. The van der Waals surface area contributed by atoms with Gasteiger partial charge in [-0.25, -0.2) is 0 Å². The molecule has 3 rings (SSSR count). The van der Waals surface area contributed by atoms with Gasteiger partial charge in [0, 0.05) is 6.07 Å². The molecule has 3 aromatic rings. The summed E-state index contributed by atoms with van der Waals surface area (Å²) in [6.07, 6.45) is 0. The smallest absolute Gasteiger partial charge is 0.239 e. The zero-order valence-corrected chi connectivity index (χ0v) is 13.8. The lowest BCUT2D eigenvalue weighted by molar-refractivity contribution is 0.334. The molecule has 2 N–H and O–H groups in total. The number of phenols is 2. The Kier molecular flexibility index (Phi) is 4.14. The van der Waals surface area contributed by atoms with Gasteiger partial charge in [-0.15, -0.1) is 0 Å². The molecule has 0 bridgehead atoms. The van der Waals surface area contributed by atoms with Crippen LogP contribution in [0.2, 0.25) is 0 Å². The standard InChI is InChI=1S/C18H16O7/c1-22-12-8-11-13(14(20)17(12)23-2)15(21)18(24-3)16(25-11)9-6-4-5-7-10(9)19/h4-8,19-20H,1-3H3. The van der Waals surface area contributed by atoms with Crippen LogP contribution in [0.15, 0.2) is 39.5 Å². The number of rotatable bonds is 4. The van der Waals surface area contributed by atoms with E-state index in [-0.39, 0.29) is 45.3 Å². The van der Waals surface area contributed by atoms with Gasteiger partial charge in [-0.05, 0) is 12.1 Å². The van der Waals surface area contributed by atoms with Crippen molar-refractivity contribution < 1.29 is 28.8 Å². The van der Waals surface area contributed by atoms with E-state index in [4.69, 9.17) is 18.6 Å². The van der Waals surface area contributed by atoms with E-state index in [0.717, 1.165) is 0 Å². The van der Waals surface area contributed by atoms with E-state index in [0.29, 0.717) is 0 Å². The van der Waals surface area contributed by atoms with Crippen LogP contribution >= 0.6 is 0 Å². The van der Waals surface area contributed by atoms with E-state index in [9.17, 15) is 15.0 Å². The van der Waals surface area contributed by atoms with Crippen LogP contribution in [-0.4, -0.2) is 31.5 Å². The first-order chi connectivity index (χ1) is 12.0. The van der Waals surface area contributed by atoms with Gasteiger partial charge in [-0.1, -0.05) is 12.1 Å². The molecule has 25 heavy (non-hydrogen) atoms. The Labute approximate surface area is 142 Å². The molecule has 0 amide bonds. The van der Waals surface area contributed by atoms with Gasteiger partial charge in [-0.2, -0.15) is 0 Å². The number of hydrogen-bond donors (Lipinski definition) is 2. The minimum absolute atomic E-state index is 0.0136. The summed E-state index contributed by atoms with van der Waals surface area (Å²) in [5.41, 5.74) is -0.243. The summed E-state index contributed by atoms with van der Waals surface area (Å²) in [5, 5.41) is 20.4. The Morgan fingerprint density at radius 3 is 2.24 bits per heavy atom. The third-order valence-electron chi connectivity index (χ3n) is 3.81. The van der Waals surface area contributed by atoms with Gasteiger partial charge in [0.25, 0.3) is 0 Å². The highest BCUT2D eigenvalue weighted by Crippen LogP contribution is 2.44. The van der Waals surface area contributed by atoms with Gasteiger partial charge >= 0.3 is 0 Å². The van der Waals surface area contributed by atoms with E-state index >= 15 is 0 Å². The van der Waals surface area contributed by atoms with Crippen molar-refractivity contribution in [2.24, 2.45) is 0 Å². The molecular formula is C18H16O7. The third-order valence-corrected chi connectivity index (χ3v) is 3.81. The first-order valence-corrected chi connectivity index (χ1v) is 7.30.